The molecule has 2 N–H and O–H groups in total. The zero-order valence-electron chi connectivity index (χ0n) is 16.5. The molecule has 2 aromatic heterocycles. The van der Waals surface area contributed by atoms with Crippen molar-refractivity contribution in [1.82, 2.24) is 4.98 Å². The number of benzene rings is 2. The summed E-state index contributed by atoms with van der Waals surface area (Å²) in [5.41, 5.74) is 4.13. The van der Waals surface area contributed by atoms with Crippen LogP contribution in [0.15, 0.2) is 77.4 Å². The molecule has 0 aliphatic carbocycles. The summed E-state index contributed by atoms with van der Waals surface area (Å²) in [5, 5.41) is 3.10. The van der Waals surface area contributed by atoms with Crippen LogP contribution in [-0.2, 0) is 11.3 Å². The number of quaternary nitrogens is 1. The molecule has 0 saturated carbocycles. The van der Waals surface area contributed by atoms with E-state index in [1.165, 1.54) is 7.11 Å². The van der Waals surface area contributed by atoms with Crippen LogP contribution in [-0.4, -0.2) is 18.1 Å². The van der Waals surface area contributed by atoms with Crippen molar-refractivity contribution in [3.8, 4) is 0 Å². The maximum Gasteiger partial charge on any atom is 0.340 e. The van der Waals surface area contributed by atoms with Crippen molar-refractivity contribution in [2.45, 2.75) is 19.5 Å². The number of methoxy groups -OCH3 is 1. The molecule has 2 aromatic carbocycles. The summed E-state index contributed by atoms with van der Waals surface area (Å²) in [6, 6.07) is 21.8. The van der Waals surface area contributed by atoms with Gasteiger partial charge in [-0.25, -0.2) is 9.78 Å². The molecule has 0 fully saturated rings. The van der Waals surface area contributed by atoms with Gasteiger partial charge in [0.25, 0.3) is 0 Å². The lowest BCUT2D eigenvalue weighted by Gasteiger charge is -2.16. The first-order valence-electron chi connectivity index (χ1n) is 9.57. The summed E-state index contributed by atoms with van der Waals surface area (Å²) in [7, 11) is 1.40. The van der Waals surface area contributed by atoms with Crippen molar-refractivity contribution in [2.75, 3.05) is 7.11 Å². The van der Waals surface area contributed by atoms with Crippen molar-refractivity contribution in [2.24, 2.45) is 0 Å². The van der Waals surface area contributed by atoms with Gasteiger partial charge in [-0.1, -0.05) is 48.5 Å². The predicted octanol–water partition coefficient (Wildman–Crippen LogP) is 3.78. The molecule has 4 aromatic rings. The Kier molecular flexibility index (Phi) is 5.40. The Balaban J connectivity index is 1.73. The molecular weight excluding hydrogens is 364 g/mol. The SMILES string of the molecule is COC(=O)c1c(C[NH2+][C@@H](c2ccccc2)c2ccco2)nc2ccccc2c1C. The average Bonchev–Trinajstić information content (AvgIpc) is 3.29. The van der Waals surface area contributed by atoms with Crippen LogP contribution in [0, 0.1) is 6.92 Å². The lowest BCUT2D eigenvalue weighted by atomic mass is 10.0. The van der Waals surface area contributed by atoms with Crippen molar-refractivity contribution in [1.29, 1.82) is 0 Å². The van der Waals surface area contributed by atoms with Gasteiger partial charge >= 0.3 is 5.97 Å². The largest absolute Gasteiger partial charge is 0.465 e. The van der Waals surface area contributed by atoms with Gasteiger partial charge in [-0.2, -0.15) is 0 Å². The van der Waals surface area contributed by atoms with Crippen molar-refractivity contribution in [3.63, 3.8) is 0 Å². The Hall–Kier alpha value is -3.44. The first kappa shape index (κ1) is 18.9. The molecule has 4 rings (SSSR count). The van der Waals surface area contributed by atoms with Crippen molar-refractivity contribution in [3.05, 3.63) is 101 Å². The van der Waals surface area contributed by atoms with Gasteiger partial charge in [0.2, 0.25) is 0 Å². The van der Waals surface area contributed by atoms with Crippen LogP contribution in [0.4, 0.5) is 0 Å². The molecule has 0 bridgehead atoms. The van der Waals surface area contributed by atoms with E-state index < -0.39 is 0 Å². The van der Waals surface area contributed by atoms with E-state index in [1.54, 1.807) is 6.26 Å². The third kappa shape index (κ3) is 3.77. The van der Waals surface area contributed by atoms with Crippen LogP contribution in [0.3, 0.4) is 0 Å². The summed E-state index contributed by atoms with van der Waals surface area (Å²) >= 11 is 0. The van der Waals surface area contributed by atoms with Crippen LogP contribution in [0.2, 0.25) is 0 Å². The topological polar surface area (TPSA) is 68.9 Å². The number of esters is 1. The Labute approximate surface area is 169 Å². The number of pyridine rings is 1. The quantitative estimate of drug-likeness (QED) is 0.511. The van der Waals surface area contributed by atoms with Crippen LogP contribution < -0.4 is 5.32 Å². The number of aryl methyl sites for hydroxylation is 1. The number of hydrogen-bond acceptors (Lipinski definition) is 4. The van der Waals surface area contributed by atoms with Gasteiger partial charge in [-0.3, -0.25) is 0 Å². The molecular formula is C24H23N2O3+. The number of fused-ring (bicyclic) bond motifs is 1. The van der Waals surface area contributed by atoms with Crippen LogP contribution in [0.25, 0.3) is 10.9 Å². The van der Waals surface area contributed by atoms with Gasteiger partial charge in [0.15, 0.2) is 11.8 Å². The molecule has 5 nitrogen and oxygen atoms in total. The monoisotopic (exact) mass is 387 g/mol. The second-order valence-electron chi connectivity index (χ2n) is 6.91. The number of carbonyl (C=O) groups is 1. The van der Waals surface area contributed by atoms with Gasteiger partial charge < -0.3 is 14.5 Å². The maximum atomic E-state index is 12.5. The normalized spacial score (nSPS) is 12.1. The van der Waals surface area contributed by atoms with Crippen LogP contribution in [0.1, 0.15) is 39.0 Å². The summed E-state index contributed by atoms with van der Waals surface area (Å²) in [5.74, 6) is 0.492. The number of hydrogen-bond donors (Lipinski definition) is 1. The van der Waals surface area contributed by atoms with Crippen LogP contribution in [0.5, 0.6) is 0 Å². The number of para-hydroxylation sites is 1. The minimum Gasteiger partial charge on any atom is -0.465 e. The number of ether oxygens (including phenoxy) is 1. The third-order valence-electron chi connectivity index (χ3n) is 5.17. The Morgan fingerprint density at radius 3 is 2.55 bits per heavy atom. The van der Waals surface area contributed by atoms with Crippen molar-refractivity contribution >= 4 is 16.9 Å². The van der Waals surface area contributed by atoms with E-state index in [4.69, 9.17) is 14.1 Å². The first-order valence-corrected chi connectivity index (χ1v) is 9.57. The Bertz CT molecular complexity index is 1120. The molecule has 0 spiro atoms. The lowest BCUT2D eigenvalue weighted by Crippen LogP contribution is -2.84. The highest BCUT2D eigenvalue weighted by Crippen LogP contribution is 2.24. The molecule has 0 radical (unpaired) electrons. The second kappa shape index (κ2) is 8.29. The number of furan rings is 1. The van der Waals surface area contributed by atoms with Gasteiger partial charge in [0.05, 0.1) is 24.5 Å². The van der Waals surface area contributed by atoms with E-state index in [-0.39, 0.29) is 12.0 Å². The fourth-order valence-corrected chi connectivity index (χ4v) is 3.74. The smallest absolute Gasteiger partial charge is 0.340 e. The highest BCUT2D eigenvalue weighted by molar-refractivity contribution is 5.98. The standard InChI is InChI=1S/C24H22N2O3/c1-16-18-11-6-7-12-19(18)26-20(22(16)24(27)28-2)15-25-23(21-13-8-14-29-21)17-9-4-3-5-10-17/h3-14,23,25H,15H2,1-2H3/p+1/t23-/m0/s1. The molecule has 0 aliphatic rings. The summed E-state index contributed by atoms with van der Waals surface area (Å²) in [4.78, 5) is 17.3. The number of aromatic nitrogens is 1. The van der Waals surface area contributed by atoms with E-state index in [1.807, 2.05) is 61.5 Å². The van der Waals surface area contributed by atoms with Gasteiger partial charge in [-0.05, 0) is 30.7 Å². The average molecular weight is 387 g/mol. The fourth-order valence-electron chi connectivity index (χ4n) is 3.74. The number of rotatable bonds is 6. The number of carbonyl (C=O) groups excluding carboxylic acids is 1. The zero-order valence-corrected chi connectivity index (χ0v) is 16.5. The summed E-state index contributed by atoms with van der Waals surface area (Å²) in [6.07, 6.45) is 1.68. The highest BCUT2D eigenvalue weighted by Gasteiger charge is 2.24. The molecule has 0 aliphatic heterocycles. The Morgan fingerprint density at radius 1 is 1.07 bits per heavy atom. The zero-order chi connectivity index (χ0) is 20.2. The molecule has 0 saturated heterocycles. The Morgan fingerprint density at radius 2 is 1.83 bits per heavy atom. The first-order chi connectivity index (χ1) is 14.2. The lowest BCUT2D eigenvalue weighted by molar-refractivity contribution is -0.704. The van der Waals surface area contributed by atoms with E-state index >= 15 is 0 Å². The summed E-state index contributed by atoms with van der Waals surface area (Å²) < 4.78 is 10.7. The summed E-state index contributed by atoms with van der Waals surface area (Å²) in [6.45, 7) is 2.46. The predicted molar refractivity (Wildman–Crippen MR) is 110 cm³/mol. The molecule has 1 atom stereocenters. The van der Waals surface area contributed by atoms with Crippen LogP contribution >= 0.6 is 0 Å². The van der Waals surface area contributed by atoms with E-state index in [0.29, 0.717) is 17.8 Å². The minimum absolute atomic E-state index is 0.0368. The molecule has 2 heterocycles. The molecule has 29 heavy (non-hydrogen) atoms. The second-order valence-corrected chi connectivity index (χ2v) is 6.91. The molecule has 0 amide bonds. The highest BCUT2D eigenvalue weighted by atomic mass is 16.5. The van der Waals surface area contributed by atoms with E-state index in [2.05, 4.69) is 17.4 Å². The number of nitrogens with zero attached hydrogens (tertiary/aromatic N) is 1. The third-order valence-corrected chi connectivity index (χ3v) is 5.17. The molecule has 5 heteroatoms. The molecule has 146 valence electrons. The number of nitrogens with two attached hydrogens (primary N) is 1. The van der Waals surface area contributed by atoms with E-state index in [0.717, 1.165) is 27.8 Å². The fraction of sp³-hybridized carbons (Fsp3) is 0.167. The van der Waals surface area contributed by atoms with Gasteiger partial charge in [0.1, 0.15) is 12.2 Å². The minimum atomic E-state index is -0.363. The van der Waals surface area contributed by atoms with E-state index in [9.17, 15) is 4.79 Å². The van der Waals surface area contributed by atoms with Gasteiger partial charge in [-0.15, -0.1) is 0 Å². The van der Waals surface area contributed by atoms with Gasteiger partial charge in [0, 0.05) is 10.9 Å². The maximum absolute atomic E-state index is 12.5. The van der Waals surface area contributed by atoms with Crippen molar-refractivity contribution < 1.29 is 19.3 Å². The molecule has 0 unspecified atom stereocenters.